The first-order valence-electron chi connectivity index (χ1n) is 7.00. The molecule has 0 saturated carbocycles. The number of amides is 1. The second-order valence-corrected chi connectivity index (χ2v) is 4.68. The molecule has 106 valence electrons. The van der Waals surface area contributed by atoms with E-state index in [0.29, 0.717) is 6.04 Å². The van der Waals surface area contributed by atoms with Crippen LogP contribution in [0.2, 0.25) is 0 Å². The number of nitrogens with one attached hydrogen (secondary N) is 1. The highest BCUT2D eigenvalue weighted by atomic mass is 16.1. The number of likely N-dealkylation sites (tertiary alicyclic amines) is 1. The molecule has 0 radical (unpaired) electrons. The first-order valence-corrected chi connectivity index (χ1v) is 7.00. The maximum atomic E-state index is 11.3. The molecule has 0 aromatic heterocycles. The summed E-state index contributed by atoms with van der Waals surface area (Å²) in [5.74, 6) is 0.108. The molecular formula is C14H28N2O2. The van der Waals surface area contributed by atoms with Crippen molar-refractivity contribution in [1.82, 2.24) is 10.2 Å². The van der Waals surface area contributed by atoms with E-state index in [-0.39, 0.29) is 17.9 Å². The average molecular weight is 256 g/mol. The Hall–Kier alpha value is -0.900. The van der Waals surface area contributed by atoms with Crippen LogP contribution in [-0.2, 0) is 9.59 Å². The molecule has 1 fully saturated rings. The highest BCUT2D eigenvalue weighted by Gasteiger charge is 2.34. The molecule has 1 aliphatic heterocycles. The van der Waals surface area contributed by atoms with E-state index in [0.717, 1.165) is 32.1 Å². The summed E-state index contributed by atoms with van der Waals surface area (Å²) in [5.41, 5.74) is 0. The van der Waals surface area contributed by atoms with Gasteiger partial charge in [0.15, 0.2) is 5.78 Å². The van der Waals surface area contributed by atoms with Crippen molar-refractivity contribution < 1.29 is 9.59 Å². The van der Waals surface area contributed by atoms with E-state index in [1.807, 2.05) is 20.9 Å². The Morgan fingerprint density at radius 1 is 1.44 bits per heavy atom. The van der Waals surface area contributed by atoms with Gasteiger partial charge in [-0.15, -0.1) is 0 Å². The minimum absolute atomic E-state index is 0.108. The van der Waals surface area contributed by atoms with Crippen LogP contribution < -0.4 is 5.32 Å². The first-order chi connectivity index (χ1) is 8.60. The summed E-state index contributed by atoms with van der Waals surface area (Å²) >= 11 is 0. The fraction of sp³-hybridized carbons (Fsp3) is 0.857. The van der Waals surface area contributed by atoms with E-state index in [1.54, 1.807) is 11.8 Å². The standard InChI is InChI=1S/C12H22N2O2.C2H6/c1-9(13-3)4-5-11-6-7-12(10(2)16)14(11)8-15;1-2/h8-9,11-13H,4-7H2,1-3H3;1-2H3. The van der Waals surface area contributed by atoms with Crippen molar-refractivity contribution >= 4 is 12.2 Å². The Morgan fingerprint density at radius 3 is 2.50 bits per heavy atom. The van der Waals surface area contributed by atoms with Gasteiger partial charge in [0.2, 0.25) is 6.41 Å². The fourth-order valence-electron chi connectivity index (χ4n) is 2.36. The van der Waals surface area contributed by atoms with Crippen LogP contribution in [0.4, 0.5) is 0 Å². The van der Waals surface area contributed by atoms with E-state index < -0.39 is 0 Å². The summed E-state index contributed by atoms with van der Waals surface area (Å²) in [7, 11) is 1.94. The van der Waals surface area contributed by atoms with Crippen molar-refractivity contribution in [3.63, 3.8) is 0 Å². The van der Waals surface area contributed by atoms with Crippen LogP contribution in [0.1, 0.15) is 53.4 Å². The van der Waals surface area contributed by atoms with Crippen LogP contribution in [-0.4, -0.2) is 42.3 Å². The van der Waals surface area contributed by atoms with Gasteiger partial charge in [-0.05, 0) is 46.6 Å². The Labute approximate surface area is 111 Å². The van der Waals surface area contributed by atoms with E-state index in [2.05, 4.69) is 12.2 Å². The predicted octanol–water partition coefficient (Wildman–Crippen LogP) is 1.98. The molecule has 1 rings (SSSR count). The van der Waals surface area contributed by atoms with Crippen molar-refractivity contribution in [1.29, 1.82) is 0 Å². The molecule has 1 heterocycles. The molecule has 3 atom stereocenters. The number of ketones is 1. The smallest absolute Gasteiger partial charge is 0.210 e. The van der Waals surface area contributed by atoms with E-state index >= 15 is 0 Å². The number of carbonyl (C=O) groups is 2. The van der Waals surface area contributed by atoms with Gasteiger partial charge in [0.05, 0.1) is 6.04 Å². The summed E-state index contributed by atoms with van der Waals surface area (Å²) in [5, 5.41) is 3.18. The van der Waals surface area contributed by atoms with E-state index in [4.69, 9.17) is 0 Å². The third-order valence-corrected chi connectivity index (χ3v) is 3.57. The van der Waals surface area contributed by atoms with E-state index in [1.165, 1.54) is 0 Å². The van der Waals surface area contributed by atoms with Crippen LogP contribution in [0.5, 0.6) is 0 Å². The molecule has 0 aliphatic carbocycles. The topological polar surface area (TPSA) is 49.4 Å². The SMILES string of the molecule is CC.CNC(C)CCC1CCC(C(C)=O)N1C=O. The molecule has 1 aliphatic rings. The third kappa shape index (κ3) is 4.77. The van der Waals surface area contributed by atoms with Gasteiger partial charge < -0.3 is 10.2 Å². The van der Waals surface area contributed by atoms with Gasteiger partial charge in [-0.1, -0.05) is 13.8 Å². The van der Waals surface area contributed by atoms with Crippen LogP contribution in [0, 0.1) is 0 Å². The number of Topliss-reactive ketones (excluding diaryl/α,β-unsaturated/α-hetero) is 1. The summed E-state index contributed by atoms with van der Waals surface area (Å²) in [6.45, 7) is 7.70. The second-order valence-electron chi connectivity index (χ2n) is 4.68. The molecule has 3 unspecified atom stereocenters. The highest BCUT2D eigenvalue weighted by molar-refractivity contribution is 5.83. The zero-order chi connectivity index (χ0) is 14.1. The Morgan fingerprint density at radius 2 is 2.06 bits per heavy atom. The zero-order valence-corrected chi connectivity index (χ0v) is 12.4. The van der Waals surface area contributed by atoms with Crippen molar-refractivity contribution in [3.05, 3.63) is 0 Å². The first kappa shape index (κ1) is 17.1. The molecule has 0 aromatic rings. The zero-order valence-electron chi connectivity index (χ0n) is 12.4. The molecule has 1 saturated heterocycles. The second kappa shape index (κ2) is 9.09. The maximum Gasteiger partial charge on any atom is 0.210 e. The van der Waals surface area contributed by atoms with Gasteiger partial charge in [0.25, 0.3) is 0 Å². The Kier molecular flexibility index (Phi) is 8.63. The molecule has 18 heavy (non-hydrogen) atoms. The van der Waals surface area contributed by atoms with Crippen LogP contribution in [0.25, 0.3) is 0 Å². The fourth-order valence-corrected chi connectivity index (χ4v) is 2.36. The monoisotopic (exact) mass is 256 g/mol. The van der Waals surface area contributed by atoms with Gasteiger partial charge in [-0.2, -0.15) is 0 Å². The molecule has 0 spiro atoms. The maximum absolute atomic E-state index is 11.3. The third-order valence-electron chi connectivity index (χ3n) is 3.57. The lowest BCUT2D eigenvalue weighted by Crippen LogP contribution is -2.39. The summed E-state index contributed by atoms with van der Waals surface area (Å²) in [6.07, 6.45) is 4.64. The van der Waals surface area contributed by atoms with Crippen LogP contribution in [0.3, 0.4) is 0 Å². The van der Waals surface area contributed by atoms with E-state index in [9.17, 15) is 9.59 Å². The normalized spacial score (nSPS) is 24.2. The Bertz CT molecular complexity index is 256. The van der Waals surface area contributed by atoms with Crippen molar-refractivity contribution in [2.45, 2.75) is 71.5 Å². The highest BCUT2D eigenvalue weighted by Crippen LogP contribution is 2.26. The van der Waals surface area contributed by atoms with Gasteiger partial charge in [-0.3, -0.25) is 9.59 Å². The lowest BCUT2D eigenvalue weighted by Gasteiger charge is -2.25. The van der Waals surface area contributed by atoms with Crippen molar-refractivity contribution in [3.8, 4) is 0 Å². The van der Waals surface area contributed by atoms with Gasteiger partial charge in [0.1, 0.15) is 0 Å². The molecule has 0 bridgehead atoms. The van der Waals surface area contributed by atoms with Gasteiger partial charge >= 0.3 is 0 Å². The summed E-state index contributed by atoms with van der Waals surface area (Å²) in [4.78, 5) is 24.1. The molecule has 0 aromatic carbocycles. The number of carbonyl (C=O) groups excluding carboxylic acids is 2. The quantitative estimate of drug-likeness (QED) is 0.739. The lowest BCUT2D eigenvalue weighted by molar-refractivity contribution is -0.129. The summed E-state index contributed by atoms with van der Waals surface area (Å²) < 4.78 is 0. The van der Waals surface area contributed by atoms with Crippen molar-refractivity contribution in [2.24, 2.45) is 0 Å². The predicted molar refractivity (Wildman–Crippen MR) is 74.5 cm³/mol. The minimum atomic E-state index is -0.174. The van der Waals surface area contributed by atoms with Crippen molar-refractivity contribution in [2.75, 3.05) is 7.05 Å². The number of hydrogen-bond donors (Lipinski definition) is 1. The molecule has 1 N–H and O–H groups in total. The summed E-state index contributed by atoms with van der Waals surface area (Å²) in [6, 6.07) is 0.541. The molecule has 4 nitrogen and oxygen atoms in total. The number of hydrogen-bond acceptors (Lipinski definition) is 3. The lowest BCUT2D eigenvalue weighted by atomic mass is 10.1. The molecule has 4 heteroatoms. The van der Waals surface area contributed by atoms with Gasteiger partial charge in [0, 0.05) is 12.1 Å². The molecule has 1 amide bonds. The largest absolute Gasteiger partial charge is 0.332 e. The number of rotatable bonds is 6. The van der Waals surface area contributed by atoms with Crippen LogP contribution in [0.15, 0.2) is 0 Å². The Balaban J connectivity index is 0.00000137. The van der Waals surface area contributed by atoms with Gasteiger partial charge in [-0.25, -0.2) is 0 Å². The average Bonchev–Trinajstić information content (AvgIpc) is 2.81. The van der Waals surface area contributed by atoms with Crippen LogP contribution >= 0.6 is 0 Å². The molecular weight excluding hydrogens is 228 g/mol. The minimum Gasteiger partial charge on any atom is -0.332 e. The number of nitrogens with zero attached hydrogens (tertiary/aromatic N) is 1.